The van der Waals surface area contributed by atoms with Crippen molar-refractivity contribution in [1.82, 2.24) is 9.78 Å². The lowest BCUT2D eigenvalue weighted by molar-refractivity contribution is -0.384. The van der Waals surface area contributed by atoms with Crippen molar-refractivity contribution in [1.29, 1.82) is 5.41 Å². The Morgan fingerprint density at radius 1 is 1.56 bits per heavy atom. The average Bonchev–Trinajstić information content (AvgIpc) is 2.77. The second-order valence-electron chi connectivity index (χ2n) is 3.48. The summed E-state index contributed by atoms with van der Waals surface area (Å²) in [6.07, 6.45) is 2.35. The number of rotatable bonds is 3. The largest absolute Gasteiger partial charge is 0.384 e. The summed E-state index contributed by atoms with van der Waals surface area (Å²) < 4.78 is 1.26. The van der Waals surface area contributed by atoms with Gasteiger partial charge in [0.05, 0.1) is 10.6 Å². The molecule has 2 rings (SSSR count). The standard InChI is InChI=1S/C10H8ClN5O2/c11-6-1-2-8(10(12)13)9(3-6)15-5-7(4-14-15)16(17)18/h1-5H,(H3,12,13). The van der Waals surface area contributed by atoms with E-state index in [-0.39, 0.29) is 11.5 Å². The molecule has 1 aromatic carbocycles. The summed E-state index contributed by atoms with van der Waals surface area (Å²) >= 11 is 5.85. The van der Waals surface area contributed by atoms with Gasteiger partial charge in [0.1, 0.15) is 18.2 Å². The molecule has 1 heterocycles. The maximum absolute atomic E-state index is 10.6. The number of nitrogens with two attached hydrogens (primary N) is 1. The Bertz CT molecular complexity index is 637. The summed E-state index contributed by atoms with van der Waals surface area (Å²) in [6, 6.07) is 4.68. The van der Waals surface area contributed by atoms with Crippen LogP contribution in [0.5, 0.6) is 0 Å². The molecule has 0 spiro atoms. The van der Waals surface area contributed by atoms with Gasteiger partial charge in [-0.1, -0.05) is 11.6 Å². The van der Waals surface area contributed by atoms with Crippen LogP contribution in [0.25, 0.3) is 5.69 Å². The fourth-order valence-electron chi connectivity index (χ4n) is 1.46. The Hall–Kier alpha value is -2.41. The molecule has 0 unspecified atom stereocenters. The van der Waals surface area contributed by atoms with E-state index in [0.717, 1.165) is 6.20 Å². The number of hydrogen-bond donors (Lipinski definition) is 2. The number of hydrogen-bond acceptors (Lipinski definition) is 4. The van der Waals surface area contributed by atoms with Crippen molar-refractivity contribution in [3.05, 3.63) is 51.3 Å². The zero-order chi connectivity index (χ0) is 13.3. The third-order valence-corrected chi connectivity index (χ3v) is 2.51. The van der Waals surface area contributed by atoms with Crippen molar-refractivity contribution in [2.24, 2.45) is 5.73 Å². The third-order valence-electron chi connectivity index (χ3n) is 2.28. The van der Waals surface area contributed by atoms with Gasteiger partial charge in [-0.3, -0.25) is 15.5 Å². The van der Waals surface area contributed by atoms with Crippen LogP contribution in [0.4, 0.5) is 5.69 Å². The number of nitrogens with one attached hydrogen (secondary N) is 1. The van der Waals surface area contributed by atoms with Crippen LogP contribution in [0.15, 0.2) is 30.6 Å². The Morgan fingerprint density at radius 2 is 2.28 bits per heavy atom. The van der Waals surface area contributed by atoms with Crippen molar-refractivity contribution >= 4 is 23.1 Å². The summed E-state index contributed by atoms with van der Waals surface area (Å²) in [5.74, 6) is -0.167. The minimum atomic E-state index is -0.554. The smallest absolute Gasteiger partial charge is 0.307 e. The highest BCUT2D eigenvalue weighted by molar-refractivity contribution is 6.31. The Kier molecular flexibility index (Phi) is 2.99. The molecule has 1 aromatic heterocycles. The molecule has 0 amide bonds. The van der Waals surface area contributed by atoms with Gasteiger partial charge in [0.15, 0.2) is 0 Å². The van der Waals surface area contributed by atoms with Crippen molar-refractivity contribution in [3.8, 4) is 5.69 Å². The Morgan fingerprint density at radius 3 is 2.83 bits per heavy atom. The van der Waals surface area contributed by atoms with Crippen molar-refractivity contribution in [2.75, 3.05) is 0 Å². The number of amidine groups is 1. The first-order chi connectivity index (χ1) is 8.49. The van der Waals surface area contributed by atoms with Gasteiger partial charge in [-0.2, -0.15) is 5.10 Å². The molecule has 0 saturated heterocycles. The molecule has 0 radical (unpaired) electrons. The van der Waals surface area contributed by atoms with Crippen LogP contribution in [0.2, 0.25) is 5.02 Å². The summed E-state index contributed by atoms with van der Waals surface area (Å²) in [6.45, 7) is 0. The molecule has 7 nitrogen and oxygen atoms in total. The van der Waals surface area contributed by atoms with Gasteiger partial charge in [0, 0.05) is 10.6 Å². The van der Waals surface area contributed by atoms with Gasteiger partial charge in [-0.05, 0) is 18.2 Å². The number of benzene rings is 1. The van der Waals surface area contributed by atoms with E-state index < -0.39 is 4.92 Å². The molecule has 0 aliphatic rings. The van der Waals surface area contributed by atoms with E-state index in [4.69, 9.17) is 22.7 Å². The molecular weight excluding hydrogens is 258 g/mol. The summed E-state index contributed by atoms with van der Waals surface area (Å²) in [5, 5.41) is 22.3. The molecule has 0 fully saturated rings. The van der Waals surface area contributed by atoms with Crippen LogP contribution in [0, 0.1) is 15.5 Å². The summed E-state index contributed by atoms with van der Waals surface area (Å²) in [4.78, 5) is 10.0. The van der Waals surface area contributed by atoms with E-state index in [0.29, 0.717) is 16.3 Å². The molecule has 2 aromatic rings. The predicted octanol–water partition coefficient (Wildman–Crippen LogP) is 1.72. The van der Waals surface area contributed by atoms with E-state index in [1.165, 1.54) is 16.9 Å². The van der Waals surface area contributed by atoms with Crippen molar-refractivity contribution in [3.63, 3.8) is 0 Å². The van der Waals surface area contributed by atoms with Crippen molar-refractivity contribution in [2.45, 2.75) is 0 Å². The molecule has 0 atom stereocenters. The second kappa shape index (κ2) is 4.46. The first-order valence-electron chi connectivity index (χ1n) is 4.82. The molecule has 92 valence electrons. The van der Waals surface area contributed by atoms with E-state index in [9.17, 15) is 10.1 Å². The number of halogens is 1. The Balaban J connectivity index is 2.57. The quantitative estimate of drug-likeness (QED) is 0.381. The summed E-state index contributed by atoms with van der Waals surface area (Å²) in [5.41, 5.74) is 6.11. The monoisotopic (exact) mass is 265 g/mol. The molecule has 18 heavy (non-hydrogen) atoms. The van der Waals surface area contributed by atoms with Gasteiger partial charge >= 0.3 is 5.69 Å². The Labute approximate surface area is 106 Å². The van der Waals surface area contributed by atoms with E-state index in [1.807, 2.05) is 0 Å². The van der Waals surface area contributed by atoms with Crippen LogP contribution in [-0.2, 0) is 0 Å². The van der Waals surface area contributed by atoms with Crippen molar-refractivity contribution < 1.29 is 4.92 Å². The van der Waals surface area contributed by atoms with E-state index in [1.54, 1.807) is 12.1 Å². The topological polar surface area (TPSA) is 111 Å². The highest BCUT2D eigenvalue weighted by Crippen LogP contribution is 2.21. The fourth-order valence-corrected chi connectivity index (χ4v) is 1.63. The zero-order valence-corrected chi connectivity index (χ0v) is 9.76. The lowest BCUT2D eigenvalue weighted by atomic mass is 10.1. The zero-order valence-electron chi connectivity index (χ0n) is 9.00. The third kappa shape index (κ3) is 2.16. The molecular formula is C10H8ClN5O2. The van der Waals surface area contributed by atoms with Crippen LogP contribution in [0.3, 0.4) is 0 Å². The first kappa shape index (κ1) is 12.1. The number of aromatic nitrogens is 2. The van der Waals surface area contributed by atoms with Gasteiger partial charge in [-0.25, -0.2) is 4.68 Å². The van der Waals surface area contributed by atoms with Crippen LogP contribution < -0.4 is 5.73 Å². The second-order valence-corrected chi connectivity index (χ2v) is 3.91. The van der Waals surface area contributed by atoms with Gasteiger partial charge in [-0.15, -0.1) is 0 Å². The number of nitro groups is 1. The SMILES string of the molecule is N=C(N)c1ccc(Cl)cc1-n1cc([N+](=O)[O-])cn1. The van der Waals surface area contributed by atoms with Crippen LogP contribution in [0.1, 0.15) is 5.56 Å². The molecule has 0 bridgehead atoms. The summed E-state index contributed by atoms with van der Waals surface area (Å²) in [7, 11) is 0. The lowest BCUT2D eigenvalue weighted by Crippen LogP contribution is -2.14. The minimum absolute atomic E-state index is 0.149. The highest BCUT2D eigenvalue weighted by Gasteiger charge is 2.14. The first-order valence-corrected chi connectivity index (χ1v) is 5.20. The minimum Gasteiger partial charge on any atom is -0.384 e. The fraction of sp³-hybridized carbons (Fsp3) is 0. The highest BCUT2D eigenvalue weighted by atomic mass is 35.5. The van der Waals surface area contributed by atoms with Gasteiger partial charge < -0.3 is 5.73 Å². The van der Waals surface area contributed by atoms with Crippen LogP contribution >= 0.6 is 11.6 Å². The van der Waals surface area contributed by atoms with Crippen LogP contribution in [-0.4, -0.2) is 20.5 Å². The molecule has 8 heteroatoms. The molecule has 0 saturated carbocycles. The average molecular weight is 266 g/mol. The lowest BCUT2D eigenvalue weighted by Gasteiger charge is -2.08. The maximum atomic E-state index is 10.6. The van der Waals surface area contributed by atoms with Gasteiger partial charge in [0.25, 0.3) is 0 Å². The molecule has 0 aliphatic heterocycles. The maximum Gasteiger partial charge on any atom is 0.307 e. The number of nitrogens with zero attached hydrogens (tertiary/aromatic N) is 3. The number of nitrogen functional groups attached to an aromatic ring is 1. The van der Waals surface area contributed by atoms with Gasteiger partial charge in [0.2, 0.25) is 0 Å². The van der Waals surface area contributed by atoms with E-state index >= 15 is 0 Å². The van der Waals surface area contributed by atoms with E-state index in [2.05, 4.69) is 5.10 Å². The normalized spacial score (nSPS) is 10.3. The molecule has 0 aliphatic carbocycles. The predicted molar refractivity (Wildman–Crippen MR) is 66.2 cm³/mol. The molecule has 3 N–H and O–H groups in total.